The zero-order chi connectivity index (χ0) is 25.7. The van der Waals surface area contributed by atoms with Crippen molar-refractivity contribution in [3.8, 4) is 23.1 Å². The van der Waals surface area contributed by atoms with Crippen LogP contribution in [0.1, 0.15) is 0 Å². The van der Waals surface area contributed by atoms with Crippen LogP contribution >= 0.6 is 19.0 Å². The van der Waals surface area contributed by atoms with Crippen LogP contribution in [-0.2, 0) is 4.57 Å². The maximum absolute atomic E-state index is 12.2. The van der Waals surface area contributed by atoms with Gasteiger partial charge in [0.25, 0.3) is 7.37 Å². The molecule has 2 aromatic carbocycles. The third-order valence-electron chi connectivity index (χ3n) is 5.65. The number of anilines is 3. The van der Waals surface area contributed by atoms with E-state index in [4.69, 9.17) is 25.6 Å². The molecule has 3 aromatic rings. The van der Waals surface area contributed by atoms with Gasteiger partial charge in [0.15, 0.2) is 0 Å². The number of hydrogen-bond donors (Lipinski definition) is 1. The molecule has 0 bridgehead atoms. The summed E-state index contributed by atoms with van der Waals surface area (Å²) in [6.07, 6.45) is 1.45. The normalized spacial score (nSPS) is 15.6. The molecule has 1 unspecified atom stereocenters. The molecule has 0 radical (unpaired) electrons. The highest BCUT2D eigenvalue weighted by atomic mass is 35.5. The number of benzene rings is 2. The van der Waals surface area contributed by atoms with Crippen LogP contribution in [0.25, 0.3) is 0 Å². The van der Waals surface area contributed by atoms with E-state index in [9.17, 15) is 4.57 Å². The molecule has 36 heavy (non-hydrogen) atoms. The molecule has 11 heteroatoms. The summed E-state index contributed by atoms with van der Waals surface area (Å²) in [7, 11) is 0.810. The summed E-state index contributed by atoms with van der Waals surface area (Å²) < 4.78 is 29.2. The van der Waals surface area contributed by atoms with Crippen LogP contribution in [0.5, 0.6) is 23.1 Å². The standard InChI is InChI=1S/C25H29ClN5O4P/c1-5-36(4,32)35-20-8-6-7-19(16-20)34-24-21(26)17-27-25(29-24)28-22-10-9-18(15-23(22)33-3)31-13-11-30(2)12-14-31/h5-10,15-17H,1,11-14H2,2-4H3,(H,27,28,29). The van der Waals surface area contributed by atoms with Gasteiger partial charge < -0.3 is 29.1 Å². The summed E-state index contributed by atoms with van der Waals surface area (Å²) in [5.41, 5.74) is 1.81. The minimum Gasteiger partial charge on any atom is -0.494 e. The van der Waals surface area contributed by atoms with Crippen LogP contribution in [0.15, 0.2) is 61.1 Å². The lowest BCUT2D eigenvalue weighted by atomic mass is 10.2. The number of rotatable bonds is 9. The van der Waals surface area contributed by atoms with Gasteiger partial charge in [-0.25, -0.2) is 4.98 Å². The molecule has 1 aliphatic rings. The van der Waals surface area contributed by atoms with Gasteiger partial charge in [0.2, 0.25) is 11.8 Å². The van der Waals surface area contributed by atoms with Crippen LogP contribution < -0.4 is 24.2 Å². The average molecular weight is 530 g/mol. The Balaban J connectivity index is 1.51. The molecule has 0 aliphatic carbocycles. The molecular weight excluding hydrogens is 501 g/mol. The number of likely N-dealkylation sites (N-methyl/N-ethyl adjacent to an activating group) is 1. The number of nitrogens with one attached hydrogen (secondary N) is 1. The monoisotopic (exact) mass is 529 g/mol. The molecular formula is C25H29ClN5O4P. The second-order valence-electron chi connectivity index (χ2n) is 8.41. The topological polar surface area (TPSA) is 89.1 Å². The molecule has 190 valence electrons. The first-order chi connectivity index (χ1) is 17.3. The molecule has 1 N–H and O–H groups in total. The predicted molar refractivity (Wildman–Crippen MR) is 144 cm³/mol. The lowest BCUT2D eigenvalue weighted by Gasteiger charge is -2.34. The third kappa shape index (κ3) is 6.49. The van der Waals surface area contributed by atoms with Gasteiger partial charge in [-0.3, -0.25) is 4.57 Å². The summed E-state index contributed by atoms with van der Waals surface area (Å²) in [6, 6.07) is 12.7. The van der Waals surface area contributed by atoms with Crippen molar-refractivity contribution in [2.24, 2.45) is 0 Å². The van der Waals surface area contributed by atoms with Crippen molar-refractivity contribution < 1.29 is 18.6 Å². The van der Waals surface area contributed by atoms with E-state index in [0.717, 1.165) is 31.9 Å². The second-order valence-corrected chi connectivity index (χ2v) is 11.2. The smallest absolute Gasteiger partial charge is 0.266 e. The fourth-order valence-electron chi connectivity index (χ4n) is 3.60. The van der Waals surface area contributed by atoms with Crippen LogP contribution in [0, 0.1) is 0 Å². The third-order valence-corrected chi connectivity index (χ3v) is 7.15. The highest BCUT2D eigenvalue weighted by molar-refractivity contribution is 7.61. The Labute approximate surface area is 216 Å². The van der Waals surface area contributed by atoms with Crippen molar-refractivity contribution in [2.45, 2.75) is 0 Å². The summed E-state index contributed by atoms with van der Waals surface area (Å²) in [4.78, 5) is 13.3. The van der Waals surface area contributed by atoms with E-state index in [1.54, 1.807) is 31.4 Å². The highest BCUT2D eigenvalue weighted by Gasteiger charge is 2.17. The molecule has 0 saturated carbocycles. The number of methoxy groups -OCH3 is 1. The van der Waals surface area contributed by atoms with Gasteiger partial charge in [-0.05, 0) is 31.3 Å². The van der Waals surface area contributed by atoms with Gasteiger partial charge in [-0.1, -0.05) is 24.2 Å². The van der Waals surface area contributed by atoms with Gasteiger partial charge in [0.05, 0.1) is 19.0 Å². The van der Waals surface area contributed by atoms with Gasteiger partial charge in [0, 0.05) is 56.5 Å². The van der Waals surface area contributed by atoms with Crippen LogP contribution in [0.2, 0.25) is 5.02 Å². The highest BCUT2D eigenvalue weighted by Crippen LogP contribution is 2.44. The molecule has 1 fully saturated rings. The summed E-state index contributed by atoms with van der Waals surface area (Å²) in [5.74, 6) is 3.21. The molecule has 0 amide bonds. The van der Waals surface area contributed by atoms with Crippen molar-refractivity contribution >= 4 is 36.3 Å². The average Bonchev–Trinajstić information content (AvgIpc) is 2.87. The van der Waals surface area contributed by atoms with E-state index in [-0.39, 0.29) is 16.9 Å². The Morgan fingerprint density at radius 1 is 1.14 bits per heavy atom. The second kappa shape index (κ2) is 11.2. The summed E-state index contributed by atoms with van der Waals surface area (Å²) >= 11 is 6.29. The largest absolute Gasteiger partial charge is 0.494 e. The number of aromatic nitrogens is 2. The first kappa shape index (κ1) is 25.8. The molecule has 1 aliphatic heterocycles. The molecule has 0 spiro atoms. The number of piperazine rings is 1. The van der Waals surface area contributed by atoms with Crippen LogP contribution in [0.3, 0.4) is 0 Å². The lowest BCUT2D eigenvalue weighted by Crippen LogP contribution is -2.44. The zero-order valence-electron chi connectivity index (χ0n) is 20.5. The van der Waals surface area contributed by atoms with E-state index < -0.39 is 7.37 Å². The van der Waals surface area contributed by atoms with E-state index in [2.05, 4.69) is 38.7 Å². The van der Waals surface area contributed by atoms with E-state index in [1.807, 2.05) is 18.2 Å². The number of nitrogens with zero attached hydrogens (tertiary/aromatic N) is 4. The Kier molecular flexibility index (Phi) is 8.04. The van der Waals surface area contributed by atoms with Crippen molar-refractivity contribution in [1.29, 1.82) is 0 Å². The van der Waals surface area contributed by atoms with Crippen molar-refractivity contribution in [3.63, 3.8) is 0 Å². The summed E-state index contributed by atoms with van der Waals surface area (Å²) in [6.45, 7) is 8.99. The number of halogens is 1. The zero-order valence-corrected chi connectivity index (χ0v) is 22.1. The van der Waals surface area contributed by atoms with E-state index >= 15 is 0 Å². The molecule has 4 rings (SSSR count). The van der Waals surface area contributed by atoms with Crippen molar-refractivity contribution in [1.82, 2.24) is 14.9 Å². The fourth-order valence-corrected chi connectivity index (χ4v) is 4.34. The van der Waals surface area contributed by atoms with Gasteiger partial charge in [-0.2, -0.15) is 4.98 Å². The quantitative estimate of drug-likeness (QED) is 0.342. The van der Waals surface area contributed by atoms with Gasteiger partial charge >= 0.3 is 0 Å². The van der Waals surface area contributed by atoms with Crippen LogP contribution in [0.4, 0.5) is 17.3 Å². The number of ether oxygens (including phenoxy) is 2. The molecule has 1 saturated heterocycles. The van der Waals surface area contributed by atoms with E-state index in [0.29, 0.717) is 22.9 Å². The SMILES string of the molecule is C=CP(C)(=O)Oc1cccc(Oc2nc(Nc3ccc(N4CCN(C)CC4)cc3OC)ncc2Cl)c1. The minimum absolute atomic E-state index is 0.155. The van der Waals surface area contributed by atoms with Gasteiger partial charge in [-0.15, -0.1) is 0 Å². The maximum atomic E-state index is 12.2. The Hall–Kier alpha value is -3.26. The molecule has 1 atom stereocenters. The Morgan fingerprint density at radius 2 is 1.89 bits per heavy atom. The first-order valence-corrected chi connectivity index (χ1v) is 13.9. The first-order valence-electron chi connectivity index (χ1n) is 11.4. The lowest BCUT2D eigenvalue weighted by molar-refractivity contribution is 0.312. The molecule has 9 nitrogen and oxygen atoms in total. The van der Waals surface area contributed by atoms with Gasteiger partial charge in [0.1, 0.15) is 22.3 Å². The van der Waals surface area contributed by atoms with E-state index in [1.165, 1.54) is 18.7 Å². The number of hydrogen-bond acceptors (Lipinski definition) is 9. The fraction of sp³-hybridized carbons (Fsp3) is 0.280. The Bertz CT molecular complexity index is 1280. The molecule has 1 aromatic heterocycles. The predicted octanol–water partition coefficient (Wildman–Crippen LogP) is 5.86. The minimum atomic E-state index is -2.95. The Morgan fingerprint density at radius 3 is 2.61 bits per heavy atom. The van der Waals surface area contributed by atoms with Crippen molar-refractivity contribution in [3.05, 3.63) is 66.1 Å². The van der Waals surface area contributed by atoms with Crippen molar-refractivity contribution in [2.75, 3.05) is 57.2 Å². The van der Waals surface area contributed by atoms with Crippen LogP contribution in [-0.4, -0.2) is 61.9 Å². The molecule has 2 heterocycles. The maximum Gasteiger partial charge on any atom is 0.266 e. The summed E-state index contributed by atoms with van der Waals surface area (Å²) in [5, 5.41) is 3.41.